The molecule has 25 heavy (non-hydrogen) atoms. The first-order valence-electron chi connectivity index (χ1n) is 8.25. The molecule has 0 spiro atoms. The zero-order chi connectivity index (χ0) is 19.8. The van der Waals surface area contributed by atoms with Crippen LogP contribution in [0.4, 0.5) is 4.79 Å². The van der Waals surface area contributed by atoms with Crippen LogP contribution in [-0.4, -0.2) is 47.3 Å². The SMILES string of the molecule is CCOC(=O)C(Cl)C[C@H](CC(=O)OC(C)(C)C)NC(=O)OC(C)(C)C. The summed E-state index contributed by atoms with van der Waals surface area (Å²) in [6.07, 6.45) is -0.827. The van der Waals surface area contributed by atoms with E-state index in [1.165, 1.54) is 0 Å². The molecule has 0 rings (SSSR count). The number of alkyl halides is 1. The molecular formula is C17H30ClNO6. The maximum Gasteiger partial charge on any atom is 0.407 e. The molecule has 0 fully saturated rings. The molecule has 0 heterocycles. The number of esters is 2. The molecule has 0 bridgehead atoms. The van der Waals surface area contributed by atoms with Crippen molar-refractivity contribution in [3.63, 3.8) is 0 Å². The summed E-state index contributed by atoms with van der Waals surface area (Å²) in [5, 5.41) is 1.57. The summed E-state index contributed by atoms with van der Waals surface area (Å²) in [5.74, 6) is -1.12. The van der Waals surface area contributed by atoms with Crippen molar-refractivity contribution in [3.05, 3.63) is 0 Å². The third-order valence-corrected chi connectivity index (χ3v) is 2.94. The maximum absolute atomic E-state index is 12.0. The van der Waals surface area contributed by atoms with Gasteiger partial charge in [0.1, 0.15) is 16.6 Å². The van der Waals surface area contributed by atoms with E-state index in [9.17, 15) is 14.4 Å². The fourth-order valence-electron chi connectivity index (χ4n) is 1.83. The van der Waals surface area contributed by atoms with Gasteiger partial charge in [-0.3, -0.25) is 9.59 Å². The van der Waals surface area contributed by atoms with E-state index in [1.54, 1.807) is 48.5 Å². The van der Waals surface area contributed by atoms with Crippen LogP contribution in [0.2, 0.25) is 0 Å². The number of amides is 1. The molecule has 0 aliphatic rings. The molecule has 0 saturated carbocycles. The number of hydrogen-bond donors (Lipinski definition) is 1. The largest absolute Gasteiger partial charge is 0.465 e. The highest BCUT2D eigenvalue weighted by Gasteiger charge is 2.28. The van der Waals surface area contributed by atoms with E-state index in [0.29, 0.717) is 0 Å². The third kappa shape index (κ3) is 12.5. The Morgan fingerprint density at radius 1 is 1.00 bits per heavy atom. The van der Waals surface area contributed by atoms with Crippen LogP contribution in [0, 0.1) is 0 Å². The zero-order valence-corrected chi connectivity index (χ0v) is 16.9. The minimum atomic E-state index is -0.998. The van der Waals surface area contributed by atoms with Crippen molar-refractivity contribution in [3.8, 4) is 0 Å². The highest BCUT2D eigenvalue weighted by atomic mass is 35.5. The average molecular weight is 380 g/mol. The van der Waals surface area contributed by atoms with Gasteiger partial charge in [-0.05, 0) is 54.9 Å². The maximum atomic E-state index is 12.0. The van der Waals surface area contributed by atoms with E-state index < -0.39 is 40.7 Å². The molecule has 0 saturated heterocycles. The molecule has 0 radical (unpaired) electrons. The van der Waals surface area contributed by atoms with Gasteiger partial charge in [0.15, 0.2) is 0 Å². The summed E-state index contributed by atoms with van der Waals surface area (Å²) in [4.78, 5) is 35.7. The van der Waals surface area contributed by atoms with Gasteiger partial charge in [-0.15, -0.1) is 11.6 Å². The molecule has 0 aromatic rings. The minimum Gasteiger partial charge on any atom is -0.465 e. The van der Waals surface area contributed by atoms with Gasteiger partial charge in [-0.2, -0.15) is 0 Å². The Morgan fingerprint density at radius 3 is 1.96 bits per heavy atom. The van der Waals surface area contributed by atoms with Gasteiger partial charge in [0.25, 0.3) is 0 Å². The number of rotatable bonds is 7. The second-order valence-corrected chi connectivity index (χ2v) is 8.12. The minimum absolute atomic E-state index is 0.0128. The van der Waals surface area contributed by atoms with E-state index in [1.807, 2.05) is 0 Å². The molecular weight excluding hydrogens is 350 g/mol. The number of ether oxygens (including phenoxy) is 3. The van der Waals surface area contributed by atoms with Gasteiger partial charge in [0.2, 0.25) is 0 Å². The van der Waals surface area contributed by atoms with Crippen molar-refractivity contribution < 1.29 is 28.6 Å². The van der Waals surface area contributed by atoms with Gasteiger partial charge in [0.05, 0.1) is 13.0 Å². The molecule has 7 nitrogen and oxygen atoms in total. The van der Waals surface area contributed by atoms with Crippen molar-refractivity contribution in [1.29, 1.82) is 0 Å². The van der Waals surface area contributed by atoms with Crippen LogP contribution in [0.25, 0.3) is 0 Å². The predicted molar refractivity (Wildman–Crippen MR) is 94.5 cm³/mol. The van der Waals surface area contributed by atoms with E-state index >= 15 is 0 Å². The van der Waals surface area contributed by atoms with Crippen molar-refractivity contribution in [2.45, 2.75) is 83.9 Å². The molecule has 146 valence electrons. The van der Waals surface area contributed by atoms with Crippen LogP contribution in [0.5, 0.6) is 0 Å². The monoisotopic (exact) mass is 379 g/mol. The van der Waals surface area contributed by atoms with Crippen LogP contribution in [-0.2, 0) is 23.8 Å². The second-order valence-electron chi connectivity index (χ2n) is 7.59. The van der Waals surface area contributed by atoms with Gasteiger partial charge < -0.3 is 19.5 Å². The first kappa shape index (κ1) is 23.5. The average Bonchev–Trinajstić information content (AvgIpc) is 2.33. The van der Waals surface area contributed by atoms with Gasteiger partial charge >= 0.3 is 18.0 Å². The Bertz CT molecular complexity index is 437. The third-order valence-electron chi connectivity index (χ3n) is 2.59. The fourth-order valence-corrected chi connectivity index (χ4v) is 2.11. The van der Waals surface area contributed by atoms with E-state index in [2.05, 4.69) is 5.32 Å². The molecule has 0 aliphatic carbocycles. The summed E-state index contributed by atoms with van der Waals surface area (Å²) >= 11 is 6.02. The number of hydrogen-bond acceptors (Lipinski definition) is 6. The van der Waals surface area contributed by atoms with E-state index in [0.717, 1.165) is 0 Å². The lowest BCUT2D eigenvalue weighted by molar-refractivity contribution is -0.155. The summed E-state index contributed by atoms with van der Waals surface area (Å²) in [6.45, 7) is 12.2. The summed E-state index contributed by atoms with van der Waals surface area (Å²) in [5.41, 5.74) is -1.35. The van der Waals surface area contributed by atoms with Crippen molar-refractivity contribution in [1.82, 2.24) is 5.32 Å². The van der Waals surface area contributed by atoms with E-state index in [-0.39, 0.29) is 19.4 Å². The second kappa shape index (κ2) is 9.85. The molecule has 0 aliphatic heterocycles. The molecule has 2 atom stereocenters. The number of carbonyl (C=O) groups is 3. The van der Waals surface area contributed by atoms with E-state index in [4.69, 9.17) is 25.8 Å². The zero-order valence-electron chi connectivity index (χ0n) is 16.1. The summed E-state index contributed by atoms with van der Waals surface area (Å²) in [7, 11) is 0. The lowest BCUT2D eigenvalue weighted by atomic mass is 10.1. The van der Waals surface area contributed by atoms with Crippen LogP contribution >= 0.6 is 11.6 Å². The quantitative estimate of drug-likeness (QED) is 0.415. The predicted octanol–water partition coefficient (Wildman–Crippen LogP) is 3.17. The number of halogens is 1. The standard InChI is InChI=1S/C17H30ClNO6/c1-8-23-14(21)12(18)9-11(10-13(20)24-16(2,3)4)19-15(22)25-17(5,6)7/h11-12H,8-10H2,1-7H3,(H,19,22)/t11-,12?/m1/s1. The summed E-state index contributed by atoms with van der Waals surface area (Å²) in [6, 6.07) is -0.725. The van der Waals surface area contributed by atoms with Crippen molar-refractivity contribution in [2.75, 3.05) is 6.61 Å². The first-order valence-corrected chi connectivity index (χ1v) is 8.69. The fraction of sp³-hybridized carbons (Fsp3) is 0.824. The Labute approximate surface area is 154 Å². The first-order chi connectivity index (χ1) is 11.2. The Kier molecular flexibility index (Phi) is 9.26. The van der Waals surface area contributed by atoms with Crippen molar-refractivity contribution in [2.24, 2.45) is 0 Å². The molecule has 8 heteroatoms. The normalized spacial score (nSPS) is 14.2. The molecule has 1 N–H and O–H groups in total. The smallest absolute Gasteiger partial charge is 0.407 e. The van der Waals surface area contributed by atoms with Gasteiger partial charge in [-0.1, -0.05) is 0 Å². The molecule has 1 amide bonds. The number of carbonyl (C=O) groups excluding carboxylic acids is 3. The Hall–Kier alpha value is -1.50. The topological polar surface area (TPSA) is 90.9 Å². The van der Waals surface area contributed by atoms with Crippen LogP contribution < -0.4 is 5.32 Å². The molecule has 1 unspecified atom stereocenters. The van der Waals surface area contributed by atoms with Crippen LogP contribution in [0.1, 0.15) is 61.3 Å². The van der Waals surface area contributed by atoms with Crippen LogP contribution in [0.3, 0.4) is 0 Å². The van der Waals surface area contributed by atoms with Crippen molar-refractivity contribution >= 4 is 29.6 Å². The van der Waals surface area contributed by atoms with Gasteiger partial charge in [0, 0.05) is 6.04 Å². The lowest BCUT2D eigenvalue weighted by Gasteiger charge is -2.25. The molecule has 0 aromatic heterocycles. The lowest BCUT2D eigenvalue weighted by Crippen LogP contribution is -2.43. The molecule has 0 aromatic carbocycles. The highest BCUT2D eigenvalue weighted by Crippen LogP contribution is 2.15. The van der Waals surface area contributed by atoms with Crippen LogP contribution in [0.15, 0.2) is 0 Å². The van der Waals surface area contributed by atoms with Gasteiger partial charge in [-0.25, -0.2) is 4.79 Å². The Balaban J connectivity index is 4.95. The highest BCUT2D eigenvalue weighted by molar-refractivity contribution is 6.29. The summed E-state index contributed by atoms with van der Waals surface area (Å²) < 4.78 is 15.3. The number of alkyl carbamates (subject to hydrolysis) is 1. The Morgan fingerprint density at radius 2 is 1.52 bits per heavy atom. The number of nitrogens with one attached hydrogen (secondary N) is 1.